The third-order valence-electron chi connectivity index (χ3n) is 3.48. The number of carbonyl (C=O) groups is 1. The predicted molar refractivity (Wildman–Crippen MR) is 79.7 cm³/mol. The number of hydrogen-bond acceptors (Lipinski definition) is 2. The van der Waals surface area contributed by atoms with Crippen LogP contribution in [0.2, 0.25) is 0 Å². The van der Waals surface area contributed by atoms with E-state index in [1.54, 1.807) is 12.1 Å². The van der Waals surface area contributed by atoms with Crippen LogP contribution in [0, 0.1) is 5.82 Å². The van der Waals surface area contributed by atoms with Crippen molar-refractivity contribution in [2.45, 2.75) is 51.1 Å². The van der Waals surface area contributed by atoms with Crippen molar-refractivity contribution in [1.29, 1.82) is 0 Å². The average molecular weight is 316 g/mol. The maximum atomic E-state index is 12.7. The zero-order chi connectivity index (χ0) is 15.9. The van der Waals surface area contributed by atoms with E-state index >= 15 is 0 Å². The van der Waals surface area contributed by atoms with Gasteiger partial charge in [-0.1, -0.05) is 31.4 Å². The van der Waals surface area contributed by atoms with Crippen molar-refractivity contribution in [3.05, 3.63) is 35.6 Å². The second-order valence-corrected chi connectivity index (χ2v) is 7.10. The van der Waals surface area contributed by atoms with E-state index in [0.29, 0.717) is 6.42 Å². The molecular formula is C15H22FO4P. The first-order valence-corrected chi connectivity index (χ1v) is 8.79. The summed E-state index contributed by atoms with van der Waals surface area (Å²) in [5.41, 5.74) is -0.0807. The lowest BCUT2D eigenvalue weighted by Gasteiger charge is -2.14. The number of Topliss-reactive ketones (excluding diaryl/α,β-unsaturated/α-hetero) is 1. The number of hydrogen-bond donors (Lipinski definition) is 2. The molecule has 0 aliphatic heterocycles. The zero-order valence-electron chi connectivity index (χ0n) is 12.2. The highest BCUT2D eigenvalue weighted by atomic mass is 31.2. The van der Waals surface area contributed by atoms with E-state index in [0.717, 1.165) is 31.2 Å². The number of ketones is 1. The fourth-order valence-electron chi connectivity index (χ4n) is 2.28. The molecule has 0 radical (unpaired) electrons. The highest BCUT2D eigenvalue weighted by Gasteiger charge is 2.31. The highest BCUT2D eigenvalue weighted by molar-refractivity contribution is 7.53. The van der Waals surface area contributed by atoms with Crippen molar-refractivity contribution in [3.8, 4) is 0 Å². The maximum Gasteiger partial charge on any atom is 0.335 e. The molecule has 6 heteroatoms. The normalized spacial score (nSPS) is 13.1. The first-order valence-electron chi connectivity index (χ1n) is 7.11. The third-order valence-corrected chi connectivity index (χ3v) is 4.92. The van der Waals surface area contributed by atoms with Crippen LogP contribution in [-0.4, -0.2) is 21.2 Å². The lowest BCUT2D eigenvalue weighted by Crippen LogP contribution is -2.17. The summed E-state index contributed by atoms with van der Waals surface area (Å²) in [7, 11) is -4.33. The van der Waals surface area contributed by atoms with Gasteiger partial charge in [-0.05, 0) is 43.9 Å². The Morgan fingerprint density at radius 1 is 1.14 bits per heavy atom. The maximum absolute atomic E-state index is 12.7. The van der Waals surface area contributed by atoms with Gasteiger partial charge in [0.25, 0.3) is 0 Å². The third kappa shape index (κ3) is 6.98. The molecule has 0 aromatic heterocycles. The summed E-state index contributed by atoms with van der Waals surface area (Å²) in [5, 5.41) is 0. The van der Waals surface area contributed by atoms with Gasteiger partial charge in [0.15, 0.2) is 0 Å². The first kappa shape index (κ1) is 18.0. The van der Waals surface area contributed by atoms with Gasteiger partial charge >= 0.3 is 7.60 Å². The van der Waals surface area contributed by atoms with Crippen LogP contribution < -0.4 is 0 Å². The van der Waals surface area contributed by atoms with Crippen LogP contribution in [0.4, 0.5) is 4.39 Å². The molecule has 2 N–H and O–H groups in total. The summed E-state index contributed by atoms with van der Waals surface area (Å²) in [4.78, 5) is 29.4. The standard InChI is InChI=1S/C15H22FO4P/c1-12(17)15(21(18,19)20)7-5-3-2-4-6-13-8-10-14(16)11-9-13/h8-11,15H,2-7H2,1H3,(H2,18,19,20). The Balaban J connectivity index is 2.21. The molecular weight excluding hydrogens is 294 g/mol. The largest absolute Gasteiger partial charge is 0.335 e. The molecule has 0 amide bonds. The molecule has 118 valence electrons. The fraction of sp³-hybridized carbons (Fsp3) is 0.533. The van der Waals surface area contributed by atoms with Gasteiger partial charge in [0, 0.05) is 0 Å². The van der Waals surface area contributed by atoms with Crippen LogP contribution in [0.5, 0.6) is 0 Å². The molecule has 1 aromatic rings. The van der Waals surface area contributed by atoms with Gasteiger partial charge in [0.2, 0.25) is 0 Å². The van der Waals surface area contributed by atoms with Crippen molar-refractivity contribution < 1.29 is 23.5 Å². The van der Waals surface area contributed by atoms with E-state index in [4.69, 9.17) is 9.79 Å². The summed E-state index contributed by atoms with van der Waals surface area (Å²) in [6, 6.07) is 6.39. The van der Waals surface area contributed by atoms with E-state index in [9.17, 15) is 13.8 Å². The minimum Gasteiger partial charge on any atom is -0.324 e. The van der Waals surface area contributed by atoms with E-state index in [1.165, 1.54) is 19.1 Å². The molecule has 4 nitrogen and oxygen atoms in total. The van der Waals surface area contributed by atoms with Crippen LogP contribution in [0.15, 0.2) is 24.3 Å². The molecule has 0 fully saturated rings. The molecule has 1 aromatic carbocycles. The summed E-state index contributed by atoms with van der Waals surface area (Å²) < 4.78 is 23.9. The van der Waals surface area contributed by atoms with E-state index in [1.807, 2.05) is 0 Å². The van der Waals surface area contributed by atoms with Crippen molar-refractivity contribution >= 4 is 13.4 Å². The van der Waals surface area contributed by atoms with Crippen LogP contribution in [0.1, 0.15) is 44.6 Å². The Kier molecular flexibility index (Phi) is 7.23. The van der Waals surface area contributed by atoms with E-state index in [2.05, 4.69) is 0 Å². The Hall–Kier alpha value is -1.03. The molecule has 0 heterocycles. The SMILES string of the molecule is CC(=O)C(CCCCCCc1ccc(F)cc1)P(=O)(O)O. The van der Waals surface area contributed by atoms with Gasteiger partial charge in [-0.2, -0.15) is 0 Å². The summed E-state index contributed by atoms with van der Waals surface area (Å²) >= 11 is 0. The average Bonchev–Trinajstić information content (AvgIpc) is 2.37. The van der Waals surface area contributed by atoms with Gasteiger partial charge in [0.05, 0.1) is 0 Å². The zero-order valence-corrected chi connectivity index (χ0v) is 13.1. The second-order valence-electron chi connectivity index (χ2n) is 5.29. The topological polar surface area (TPSA) is 74.6 Å². The molecule has 0 saturated carbocycles. The van der Waals surface area contributed by atoms with Crippen molar-refractivity contribution in [3.63, 3.8) is 0 Å². The number of rotatable bonds is 9. The van der Waals surface area contributed by atoms with Gasteiger partial charge in [0.1, 0.15) is 17.3 Å². The first-order chi connectivity index (χ1) is 9.80. The van der Waals surface area contributed by atoms with Gasteiger partial charge in [-0.15, -0.1) is 0 Å². The summed E-state index contributed by atoms with van der Waals surface area (Å²) in [5.74, 6) is -0.693. The smallest absolute Gasteiger partial charge is 0.324 e. The Bertz CT molecular complexity index is 495. The number of aryl methyl sites for hydroxylation is 1. The van der Waals surface area contributed by atoms with Gasteiger partial charge in [-0.25, -0.2) is 4.39 Å². The number of halogens is 1. The molecule has 0 spiro atoms. The summed E-state index contributed by atoms with van der Waals surface area (Å²) in [6.07, 6.45) is 4.39. The van der Waals surface area contributed by atoms with Gasteiger partial charge < -0.3 is 9.79 Å². The molecule has 1 atom stereocenters. The molecule has 21 heavy (non-hydrogen) atoms. The number of unbranched alkanes of at least 4 members (excludes halogenated alkanes) is 3. The number of benzene rings is 1. The Morgan fingerprint density at radius 3 is 2.24 bits per heavy atom. The quantitative estimate of drug-likeness (QED) is 0.540. The predicted octanol–water partition coefficient (Wildman–Crippen LogP) is 3.45. The van der Waals surface area contributed by atoms with Crippen LogP contribution >= 0.6 is 7.60 Å². The summed E-state index contributed by atoms with van der Waals surface area (Å²) in [6.45, 7) is 1.22. The molecule has 0 bridgehead atoms. The van der Waals surface area contributed by atoms with E-state index < -0.39 is 19.0 Å². The lowest BCUT2D eigenvalue weighted by atomic mass is 10.0. The van der Waals surface area contributed by atoms with Crippen molar-refractivity contribution in [2.75, 3.05) is 0 Å². The minimum atomic E-state index is -4.33. The van der Waals surface area contributed by atoms with Crippen molar-refractivity contribution in [2.24, 2.45) is 0 Å². The number of carbonyl (C=O) groups excluding carboxylic acids is 1. The minimum absolute atomic E-state index is 0.232. The molecule has 0 saturated heterocycles. The Morgan fingerprint density at radius 2 is 1.71 bits per heavy atom. The Labute approximate surface area is 124 Å². The fourth-order valence-corrected chi connectivity index (χ4v) is 3.27. The van der Waals surface area contributed by atoms with Gasteiger partial charge in [-0.3, -0.25) is 9.36 Å². The van der Waals surface area contributed by atoms with Crippen LogP contribution in [0.3, 0.4) is 0 Å². The van der Waals surface area contributed by atoms with Crippen LogP contribution in [-0.2, 0) is 15.8 Å². The lowest BCUT2D eigenvalue weighted by molar-refractivity contribution is -0.117. The second kappa shape index (κ2) is 8.42. The van der Waals surface area contributed by atoms with E-state index in [-0.39, 0.29) is 12.2 Å². The molecule has 0 aliphatic carbocycles. The molecule has 1 rings (SSSR count). The molecule has 0 aliphatic rings. The van der Waals surface area contributed by atoms with Crippen LogP contribution in [0.25, 0.3) is 0 Å². The van der Waals surface area contributed by atoms with Crippen molar-refractivity contribution in [1.82, 2.24) is 0 Å². The highest BCUT2D eigenvalue weighted by Crippen LogP contribution is 2.44. The molecule has 1 unspecified atom stereocenters. The monoisotopic (exact) mass is 316 g/mol.